The van der Waals surface area contributed by atoms with Crippen molar-refractivity contribution < 1.29 is 14.3 Å². The number of hydrogen-bond acceptors (Lipinski definition) is 3. The summed E-state index contributed by atoms with van der Waals surface area (Å²) in [7, 11) is 0. The minimum absolute atomic E-state index is 0.0368. The SMILES string of the molecule is CCCCC(OC(=O)OC(CCCC)c1cccc(C(C)(C)C)c1)c1cccc(C(C)(C)C)c1. The van der Waals surface area contributed by atoms with Crippen LogP contribution in [0.2, 0.25) is 0 Å². The number of carbonyl (C=O) groups excluding carboxylic acids is 1. The van der Waals surface area contributed by atoms with Crippen LogP contribution in [0.5, 0.6) is 0 Å². The lowest BCUT2D eigenvalue weighted by atomic mass is 9.85. The van der Waals surface area contributed by atoms with Crippen LogP contribution in [0, 0.1) is 0 Å². The minimum atomic E-state index is -0.579. The van der Waals surface area contributed by atoms with Gasteiger partial charge in [0.15, 0.2) is 0 Å². The molecular weight excluding hydrogens is 420 g/mol. The molecule has 0 saturated carbocycles. The van der Waals surface area contributed by atoms with Crippen molar-refractivity contribution in [2.24, 2.45) is 0 Å². The Morgan fingerprint density at radius 2 is 1.09 bits per heavy atom. The van der Waals surface area contributed by atoms with E-state index in [1.165, 1.54) is 11.1 Å². The molecule has 2 rings (SSSR count). The summed E-state index contributed by atoms with van der Waals surface area (Å²) in [6.07, 6.45) is 4.47. The number of carbonyl (C=O) groups is 1. The summed E-state index contributed by atoms with van der Waals surface area (Å²) in [5.41, 5.74) is 4.63. The van der Waals surface area contributed by atoms with Gasteiger partial charge in [-0.1, -0.05) is 117 Å². The molecule has 0 aromatic heterocycles. The van der Waals surface area contributed by atoms with E-state index in [-0.39, 0.29) is 23.0 Å². The van der Waals surface area contributed by atoms with Crippen LogP contribution in [-0.2, 0) is 20.3 Å². The van der Waals surface area contributed by atoms with Crippen molar-refractivity contribution in [3.05, 3.63) is 70.8 Å². The van der Waals surface area contributed by atoms with Crippen molar-refractivity contribution in [2.75, 3.05) is 0 Å². The molecule has 0 radical (unpaired) electrons. The Kier molecular flexibility index (Phi) is 10.2. The number of hydrogen-bond donors (Lipinski definition) is 0. The van der Waals surface area contributed by atoms with Crippen molar-refractivity contribution in [1.29, 1.82) is 0 Å². The van der Waals surface area contributed by atoms with Crippen LogP contribution in [0.25, 0.3) is 0 Å². The van der Waals surface area contributed by atoms with E-state index in [9.17, 15) is 4.79 Å². The second kappa shape index (κ2) is 12.4. The van der Waals surface area contributed by atoms with Crippen molar-refractivity contribution >= 4 is 6.16 Å². The standard InChI is InChI=1S/C31H46O3/c1-9-11-19-27(23-15-13-17-25(21-23)30(3,4)5)33-29(32)34-28(20-12-10-2)24-16-14-18-26(22-24)31(6,7)8/h13-18,21-22,27-28H,9-12,19-20H2,1-8H3. The fraction of sp³-hybridized carbons (Fsp3) is 0.581. The second-order valence-electron chi connectivity index (χ2n) is 11.5. The van der Waals surface area contributed by atoms with Gasteiger partial charge in [0.1, 0.15) is 12.2 Å². The minimum Gasteiger partial charge on any atom is -0.426 e. The van der Waals surface area contributed by atoms with E-state index in [0.29, 0.717) is 0 Å². The van der Waals surface area contributed by atoms with E-state index in [1.807, 2.05) is 0 Å². The number of unbranched alkanes of at least 4 members (excludes halogenated alkanes) is 2. The smallest absolute Gasteiger partial charge is 0.426 e. The molecule has 0 bridgehead atoms. The maximum absolute atomic E-state index is 13.1. The molecule has 3 heteroatoms. The van der Waals surface area contributed by atoms with Crippen molar-refractivity contribution in [2.45, 2.75) is 117 Å². The molecule has 0 amide bonds. The highest BCUT2D eigenvalue weighted by Gasteiger charge is 2.24. The molecule has 0 saturated heterocycles. The predicted molar refractivity (Wildman–Crippen MR) is 142 cm³/mol. The maximum Gasteiger partial charge on any atom is 0.509 e. The normalized spacial score (nSPS) is 13.9. The van der Waals surface area contributed by atoms with Gasteiger partial charge in [0.25, 0.3) is 0 Å². The quantitative estimate of drug-likeness (QED) is 0.327. The zero-order valence-electron chi connectivity index (χ0n) is 22.7. The first-order chi connectivity index (χ1) is 16.0. The van der Waals surface area contributed by atoms with Crippen LogP contribution in [0.3, 0.4) is 0 Å². The van der Waals surface area contributed by atoms with E-state index in [0.717, 1.165) is 49.7 Å². The van der Waals surface area contributed by atoms with Crippen LogP contribution < -0.4 is 0 Å². The van der Waals surface area contributed by atoms with Gasteiger partial charge in [-0.05, 0) is 58.8 Å². The van der Waals surface area contributed by atoms with Gasteiger partial charge in [-0.2, -0.15) is 0 Å². The second-order valence-corrected chi connectivity index (χ2v) is 11.5. The third-order valence-corrected chi connectivity index (χ3v) is 6.37. The summed E-state index contributed by atoms with van der Waals surface area (Å²) in [5.74, 6) is 0. The summed E-state index contributed by atoms with van der Waals surface area (Å²) in [4.78, 5) is 13.1. The zero-order valence-corrected chi connectivity index (χ0v) is 22.7. The van der Waals surface area contributed by atoms with E-state index in [4.69, 9.17) is 9.47 Å². The molecule has 0 aliphatic rings. The highest BCUT2D eigenvalue weighted by atomic mass is 16.7. The van der Waals surface area contributed by atoms with E-state index in [2.05, 4.69) is 104 Å². The molecule has 0 fully saturated rings. The summed E-state index contributed by atoms with van der Waals surface area (Å²) in [5, 5.41) is 0. The van der Waals surface area contributed by atoms with Gasteiger partial charge >= 0.3 is 6.16 Å². The van der Waals surface area contributed by atoms with Gasteiger partial charge in [0, 0.05) is 0 Å². The topological polar surface area (TPSA) is 35.5 Å². The molecule has 2 aromatic rings. The van der Waals surface area contributed by atoms with Gasteiger partial charge in [0.05, 0.1) is 0 Å². The molecular formula is C31H46O3. The van der Waals surface area contributed by atoms with E-state index in [1.54, 1.807) is 0 Å². The average Bonchev–Trinajstić information content (AvgIpc) is 2.78. The molecule has 34 heavy (non-hydrogen) atoms. The van der Waals surface area contributed by atoms with Crippen LogP contribution in [0.1, 0.15) is 128 Å². The largest absolute Gasteiger partial charge is 0.509 e. The van der Waals surface area contributed by atoms with Crippen molar-refractivity contribution in [3.8, 4) is 0 Å². The highest BCUT2D eigenvalue weighted by Crippen LogP contribution is 2.32. The monoisotopic (exact) mass is 466 g/mol. The highest BCUT2D eigenvalue weighted by molar-refractivity contribution is 5.61. The van der Waals surface area contributed by atoms with Crippen LogP contribution in [-0.4, -0.2) is 6.16 Å². The summed E-state index contributed by atoms with van der Waals surface area (Å²) in [6.45, 7) is 17.5. The molecule has 3 nitrogen and oxygen atoms in total. The number of ether oxygens (including phenoxy) is 2. The molecule has 0 spiro atoms. The first-order valence-electron chi connectivity index (χ1n) is 13.0. The van der Waals surface area contributed by atoms with Gasteiger partial charge in [-0.15, -0.1) is 0 Å². The van der Waals surface area contributed by atoms with Gasteiger partial charge in [-0.3, -0.25) is 0 Å². The fourth-order valence-corrected chi connectivity index (χ4v) is 4.04. The predicted octanol–water partition coefficient (Wildman–Crippen LogP) is 9.60. The molecule has 2 unspecified atom stereocenters. The van der Waals surface area contributed by atoms with Crippen molar-refractivity contribution in [1.82, 2.24) is 0 Å². The van der Waals surface area contributed by atoms with Crippen LogP contribution >= 0.6 is 0 Å². The maximum atomic E-state index is 13.1. The Morgan fingerprint density at radius 1 is 0.706 bits per heavy atom. The van der Waals surface area contributed by atoms with E-state index < -0.39 is 6.16 Å². The first-order valence-corrected chi connectivity index (χ1v) is 13.0. The van der Waals surface area contributed by atoms with Gasteiger partial charge in [0.2, 0.25) is 0 Å². The Morgan fingerprint density at radius 3 is 1.41 bits per heavy atom. The molecule has 0 N–H and O–H groups in total. The molecule has 0 heterocycles. The third-order valence-electron chi connectivity index (χ3n) is 6.37. The van der Waals surface area contributed by atoms with Gasteiger partial charge < -0.3 is 9.47 Å². The Hall–Kier alpha value is -2.29. The number of benzene rings is 2. The summed E-state index contributed by atoms with van der Waals surface area (Å²) in [6, 6.07) is 16.9. The lowest BCUT2D eigenvalue weighted by molar-refractivity contribution is -0.00854. The summed E-state index contributed by atoms with van der Waals surface area (Å²) >= 11 is 0. The Labute approximate surface area is 208 Å². The van der Waals surface area contributed by atoms with E-state index >= 15 is 0 Å². The molecule has 2 atom stereocenters. The number of rotatable bonds is 10. The Bertz CT molecular complexity index is 828. The van der Waals surface area contributed by atoms with Gasteiger partial charge in [-0.25, -0.2) is 4.79 Å². The zero-order chi connectivity index (χ0) is 25.4. The van der Waals surface area contributed by atoms with Crippen molar-refractivity contribution in [3.63, 3.8) is 0 Å². The summed E-state index contributed by atoms with van der Waals surface area (Å²) < 4.78 is 11.9. The van der Waals surface area contributed by atoms with Crippen LogP contribution in [0.4, 0.5) is 4.79 Å². The molecule has 188 valence electrons. The molecule has 0 aliphatic carbocycles. The molecule has 2 aromatic carbocycles. The third kappa shape index (κ3) is 8.49. The lowest BCUT2D eigenvalue weighted by Gasteiger charge is -2.25. The Balaban J connectivity index is 2.24. The first kappa shape index (κ1) is 28.0. The lowest BCUT2D eigenvalue weighted by Crippen LogP contribution is -2.18. The average molecular weight is 467 g/mol. The molecule has 0 aliphatic heterocycles. The van der Waals surface area contributed by atoms with Crippen LogP contribution in [0.15, 0.2) is 48.5 Å². The fourth-order valence-electron chi connectivity index (χ4n) is 4.04.